The predicted octanol–water partition coefficient (Wildman–Crippen LogP) is 10.6. The number of aromatic nitrogens is 5. The summed E-state index contributed by atoms with van der Waals surface area (Å²) in [6.45, 7) is 0. The number of thioether (sulfide) groups is 1. The van der Waals surface area contributed by atoms with Gasteiger partial charge in [-0.25, -0.2) is 19.3 Å². The molecule has 3 heterocycles. The summed E-state index contributed by atoms with van der Waals surface area (Å²) < 4.78 is 19.0. The number of thiazole rings is 1. The topological polar surface area (TPSA) is 56.5 Å². The molecule has 238 valence electrons. The molecule has 0 spiro atoms. The van der Waals surface area contributed by atoms with Crippen molar-refractivity contribution in [1.82, 2.24) is 24.7 Å². The Morgan fingerprint density at radius 1 is 0.714 bits per heavy atom. The molecule has 0 unspecified atom stereocenters. The van der Waals surface area contributed by atoms with E-state index in [1.165, 1.54) is 6.07 Å². The summed E-state index contributed by atoms with van der Waals surface area (Å²) >= 11 is 9.48. The lowest BCUT2D eigenvalue weighted by atomic mass is 9.77. The fourth-order valence-corrected chi connectivity index (χ4v) is 7.98. The van der Waals surface area contributed by atoms with Gasteiger partial charge in [-0.3, -0.25) is 4.68 Å². The van der Waals surface area contributed by atoms with E-state index in [4.69, 9.17) is 16.7 Å². The zero-order chi connectivity index (χ0) is 33.4. The van der Waals surface area contributed by atoms with Gasteiger partial charge in [-0.1, -0.05) is 109 Å². The van der Waals surface area contributed by atoms with E-state index >= 15 is 4.39 Å². The number of nitrogens with zero attached hydrogens (tertiary/aromatic N) is 5. The molecule has 0 saturated carbocycles. The molecule has 8 rings (SSSR count). The molecule has 0 fully saturated rings. The van der Waals surface area contributed by atoms with Gasteiger partial charge < -0.3 is 0 Å². The van der Waals surface area contributed by atoms with Gasteiger partial charge in [0.05, 0.1) is 15.9 Å². The van der Waals surface area contributed by atoms with Gasteiger partial charge in [0.1, 0.15) is 34.1 Å². The lowest BCUT2D eigenvalue weighted by molar-refractivity contribution is 0.461. The van der Waals surface area contributed by atoms with Crippen LogP contribution >= 0.6 is 34.7 Å². The normalized spacial score (nSPS) is 11.7. The zero-order valence-corrected chi connectivity index (χ0v) is 28.6. The van der Waals surface area contributed by atoms with Crippen molar-refractivity contribution in [1.29, 1.82) is 0 Å². The van der Waals surface area contributed by atoms with Crippen molar-refractivity contribution >= 4 is 45.6 Å². The van der Waals surface area contributed by atoms with Crippen molar-refractivity contribution < 1.29 is 4.39 Å². The third kappa shape index (κ3) is 5.52. The maximum Gasteiger partial charge on any atom is 0.143 e. The standard InChI is InChI=1S/C40H27ClFN5S2/c1-48-36-23-43-39(49-36)38-32-21-26(17-20-35(32)44-25-45-38)33-24-47(46-37(33)31-19-18-30(41)22-34(31)42)40(27-11-5-2-6-12-27,28-13-7-3-8-14-28)29-15-9-4-10-16-29/h2-25H,1H3. The molecule has 0 atom stereocenters. The van der Waals surface area contributed by atoms with Crippen LogP contribution in [-0.4, -0.2) is 31.0 Å². The van der Waals surface area contributed by atoms with Crippen LogP contribution in [0.15, 0.2) is 150 Å². The quantitative estimate of drug-likeness (QED) is 0.117. The predicted molar refractivity (Wildman–Crippen MR) is 199 cm³/mol. The molecule has 0 aliphatic rings. The van der Waals surface area contributed by atoms with Crippen molar-refractivity contribution in [3.05, 3.63) is 174 Å². The summed E-state index contributed by atoms with van der Waals surface area (Å²) in [7, 11) is 0. The largest absolute Gasteiger partial charge is 0.252 e. The Kier molecular flexibility index (Phi) is 8.29. The summed E-state index contributed by atoms with van der Waals surface area (Å²) in [5, 5.41) is 7.28. The van der Waals surface area contributed by atoms with Crippen LogP contribution in [0.5, 0.6) is 0 Å². The van der Waals surface area contributed by atoms with Gasteiger partial charge in [-0.15, -0.1) is 23.1 Å². The first-order chi connectivity index (χ1) is 24.1. The van der Waals surface area contributed by atoms with Crippen LogP contribution in [0.4, 0.5) is 4.39 Å². The van der Waals surface area contributed by atoms with E-state index in [0.29, 0.717) is 16.3 Å². The van der Waals surface area contributed by atoms with Crippen LogP contribution in [0.3, 0.4) is 0 Å². The second-order valence-corrected chi connectivity index (χ2v) is 14.0. The van der Waals surface area contributed by atoms with Crippen LogP contribution in [0.25, 0.3) is 44.0 Å². The lowest BCUT2D eigenvalue weighted by Gasteiger charge is -2.36. The third-order valence-corrected chi connectivity index (χ3v) is 10.9. The minimum absolute atomic E-state index is 0.315. The highest BCUT2D eigenvalue weighted by Gasteiger charge is 2.40. The van der Waals surface area contributed by atoms with Crippen LogP contribution < -0.4 is 0 Å². The van der Waals surface area contributed by atoms with Crippen molar-refractivity contribution in [3.8, 4) is 33.1 Å². The minimum Gasteiger partial charge on any atom is -0.252 e. The Labute approximate surface area is 296 Å². The Morgan fingerprint density at radius 2 is 1.37 bits per heavy atom. The molecule has 9 heteroatoms. The van der Waals surface area contributed by atoms with E-state index in [0.717, 1.165) is 53.6 Å². The Bertz CT molecular complexity index is 2320. The number of benzene rings is 5. The van der Waals surface area contributed by atoms with Gasteiger partial charge in [-0.2, -0.15) is 5.10 Å². The Hall–Kier alpha value is -5.15. The molecule has 0 aliphatic carbocycles. The van der Waals surface area contributed by atoms with E-state index in [1.807, 2.05) is 90.1 Å². The van der Waals surface area contributed by atoms with Crippen LogP contribution in [0.2, 0.25) is 5.02 Å². The number of hydrogen-bond donors (Lipinski definition) is 0. The highest BCUT2D eigenvalue weighted by Crippen LogP contribution is 2.44. The first kappa shape index (κ1) is 31.1. The maximum atomic E-state index is 15.9. The Balaban J connectivity index is 1.44. The van der Waals surface area contributed by atoms with Gasteiger partial charge in [0.2, 0.25) is 0 Å². The molecule has 0 radical (unpaired) electrons. The van der Waals surface area contributed by atoms with E-state index in [-0.39, 0.29) is 0 Å². The molecule has 0 bridgehead atoms. The van der Waals surface area contributed by atoms with Crippen molar-refractivity contribution in [2.75, 3.05) is 6.26 Å². The molecule has 3 aromatic heterocycles. The maximum absolute atomic E-state index is 15.9. The Morgan fingerprint density at radius 3 is 1.96 bits per heavy atom. The monoisotopic (exact) mass is 695 g/mol. The SMILES string of the molecule is CSc1cnc(-c2ncnc3ccc(-c4cn(C(c5ccccc5)(c5ccccc5)c5ccccc5)nc4-c4ccc(Cl)cc4F)cc23)s1. The van der Waals surface area contributed by atoms with Crippen molar-refractivity contribution in [2.24, 2.45) is 0 Å². The molecule has 8 aromatic rings. The molecule has 5 aromatic carbocycles. The number of hydrogen-bond acceptors (Lipinski definition) is 6. The first-order valence-corrected chi connectivity index (χ1v) is 18.0. The van der Waals surface area contributed by atoms with E-state index < -0.39 is 11.4 Å². The average Bonchev–Trinajstić information content (AvgIpc) is 3.81. The summed E-state index contributed by atoms with van der Waals surface area (Å²) in [5.74, 6) is -0.457. The number of halogens is 2. The molecule has 0 N–H and O–H groups in total. The first-order valence-electron chi connectivity index (χ1n) is 15.5. The van der Waals surface area contributed by atoms with Gasteiger partial charge in [-0.05, 0) is 58.8 Å². The summed E-state index contributed by atoms with van der Waals surface area (Å²) in [5.41, 5.74) is 6.06. The fourth-order valence-electron chi connectivity index (χ4n) is 6.43. The molecule has 0 saturated heterocycles. The molecular formula is C40H27ClFN5S2. The average molecular weight is 696 g/mol. The van der Waals surface area contributed by atoms with Crippen molar-refractivity contribution in [3.63, 3.8) is 0 Å². The van der Waals surface area contributed by atoms with Gasteiger partial charge in [0.25, 0.3) is 0 Å². The summed E-state index contributed by atoms with van der Waals surface area (Å²) in [4.78, 5) is 13.9. The fraction of sp³-hybridized carbons (Fsp3) is 0.0500. The van der Waals surface area contributed by atoms with Gasteiger partial charge in [0, 0.05) is 27.7 Å². The lowest BCUT2D eigenvalue weighted by Crippen LogP contribution is -2.38. The molecular weight excluding hydrogens is 669 g/mol. The van der Waals surface area contributed by atoms with E-state index in [1.54, 1.807) is 41.6 Å². The second kappa shape index (κ2) is 13.0. The minimum atomic E-state index is -0.903. The zero-order valence-electron chi connectivity index (χ0n) is 26.2. The van der Waals surface area contributed by atoms with Gasteiger partial charge >= 0.3 is 0 Å². The third-order valence-electron chi connectivity index (χ3n) is 8.65. The van der Waals surface area contributed by atoms with Crippen LogP contribution in [0, 0.1) is 5.82 Å². The van der Waals surface area contributed by atoms with Gasteiger partial charge in [0.15, 0.2) is 0 Å². The highest BCUT2D eigenvalue weighted by molar-refractivity contribution is 8.00. The second-order valence-electron chi connectivity index (χ2n) is 11.4. The highest BCUT2D eigenvalue weighted by atomic mass is 35.5. The summed E-state index contributed by atoms with van der Waals surface area (Å²) in [6, 6.07) is 41.6. The molecule has 49 heavy (non-hydrogen) atoms. The van der Waals surface area contributed by atoms with Crippen LogP contribution in [-0.2, 0) is 5.54 Å². The number of fused-ring (bicyclic) bond motifs is 1. The van der Waals surface area contributed by atoms with E-state index in [2.05, 4.69) is 57.4 Å². The number of rotatable bonds is 8. The summed E-state index contributed by atoms with van der Waals surface area (Å²) in [6.07, 6.45) is 7.49. The molecule has 5 nitrogen and oxygen atoms in total. The molecule has 0 aliphatic heterocycles. The smallest absolute Gasteiger partial charge is 0.143 e. The van der Waals surface area contributed by atoms with Crippen molar-refractivity contribution in [2.45, 2.75) is 9.75 Å². The van der Waals surface area contributed by atoms with Crippen LogP contribution in [0.1, 0.15) is 16.7 Å². The molecule has 0 amide bonds. The van der Waals surface area contributed by atoms with E-state index in [9.17, 15) is 0 Å².